The van der Waals surface area contributed by atoms with E-state index >= 15 is 0 Å². The number of hydrogen-bond donors (Lipinski definition) is 1. The predicted molar refractivity (Wildman–Crippen MR) is 92.2 cm³/mol. The minimum absolute atomic E-state index is 0.0422. The van der Waals surface area contributed by atoms with Gasteiger partial charge in [-0.25, -0.2) is 4.39 Å². The molecule has 0 aliphatic heterocycles. The Hall–Kier alpha value is -0.710. The molecule has 1 aromatic heterocycles. The summed E-state index contributed by atoms with van der Waals surface area (Å²) in [6.45, 7) is 8.77. The van der Waals surface area contributed by atoms with Crippen molar-refractivity contribution >= 4 is 27.3 Å². The van der Waals surface area contributed by atoms with Gasteiger partial charge in [0.2, 0.25) is 0 Å². The fraction of sp³-hybridized carbons (Fsp3) is 0.412. The molecule has 0 radical (unpaired) electrons. The molecular weight excluding hydrogens is 349 g/mol. The molecule has 2 unspecified atom stereocenters. The predicted octanol–water partition coefficient (Wildman–Crippen LogP) is 6.09. The number of benzene rings is 1. The van der Waals surface area contributed by atoms with Crippen molar-refractivity contribution in [2.75, 3.05) is 0 Å². The molecule has 0 bridgehead atoms. The molecule has 1 nitrogen and oxygen atoms in total. The second kappa shape index (κ2) is 6.59. The molecule has 0 saturated carbocycles. The van der Waals surface area contributed by atoms with E-state index in [9.17, 15) is 4.39 Å². The summed E-state index contributed by atoms with van der Waals surface area (Å²) < 4.78 is 14.3. The molecule has 0 spiro atoms. The van der Waals surface area contributed by atoms with E-state index in [1.807, 2.05) is 12.1 Å². The van der Waals surface area contributed by atoms with Crippen molar-refractivity contribution in [3.63, 3.8) is 0 Å². The van der Waals surface area contributed by atoms with Gasteiger partial charge in [-0.1, -0.05) is 32.9 Å². The maximum absolute atomic E-state index is 13.2. The molecule has 21 heavy (non-hydrogen) atoms. The van der Waals surface area contributed by atoms with Crippen LogP contribution in [0.25, 0.3) is 0 Å². The average Bonchev–Trinajstić information content (AvgIpc) is 2.82. The van der Waals surface area contributed by atoms with Crippen molar-refractivity contribution < 1.29 is 4.39 Å². The van der Waals surface area contributed by atoms with Gasteiger partial charge in [-0.05, 0) is 52.0 Å². The second-order valence-corrected chi connectivity index (χ2v) is 8.26. The molecule has 1 aromatic carbocycles. The Morgan fingerprint density at radius 2 is 1.81 bits per heavy atom. The van der Waals surface area contributed by atoms with E-state index in [4.69, 9.17) is 0 Å². The topological polar surface area (TPSA) is 12.0 Å². The maximum atomic E-state index is 13.2. The first-order valence-electron chi connectivity index (χ1n) is 7.03. The lowest BCUT2D eigenvalue weighted by Crippen LogP contribution is -2.33. The smallest absolute Gasteiger partial charge is 0.123 e. The van der Waals surface area contributed by atoms with Crippen LogP contribution in [0.2, 0.25) is 0 Å². The van der Waals surface area contributed by atoms with Crippen LogP contribution in [-0.4, -0.2) is 0 Å². The normalized spacial score (nSPS) is 15.0. The minimum Gasteiger partial charge on any atom is -0.302 e. The molecule has 0 fully saturated rings. The van der Waals surface area contributed by atoms with Crippen LogP contribution in [0.15, 0.2) is 40.2 Å². The van der Waals surface area contributed by atoms with Gasteiger partial charge < -0.3 is 5.32 Å². The molecule has 114 valence electrons. The summed E-state index contributed by atoms with van der Waals surface area (Å²) in [4.78, 5) is 1.29. The monoisotopic (exact) mass is 369 g/mol. The molecule has 4 heteroatoms. The fourth-order valence-electron chi connectivity index (χ4n) is 2.39. The Labute approximate surface area is 138 Å². The van der Waals surface area contributed by atoms with Crippen LogP contribution in [0.5, 0.6) is 0 Å². The van der Waals surface area contributed by atoms with Crippen LogP contribution in [0, 0.1) is 11.2 Å². The zero-order valence-corrected chi connectivity index (χ0v) is 15.2. The standard InChI is InChI=1S/C17H21BrFNS/c1-11(15-9-13(18)10-21-15)20-16(17(2,3)4)12-5-7-14(19)8-6-12/h5-11,16,20H,1-4H3. The van der Waals surface area contributed by atoms with Crippen LogP contribution in [0.1, 0.15) is 50.2 Å². The van der Waals surface area contributed by atoms with Crippen LogP contribution in [0.4, 0.5) is 4.39 Å². The van der Waals surface area contributed by atoms with Gasteiger partial charge in [0.15, 0.2) is 0 Å². The van der Waals surface area contributed by atoms with Crippen LogP contribution < -0.4 is 5.32 Å². The van der Waals surface area contributed by atoms with Crippen molar-refractivity contribution in [2.24, 2.45) is 5.41 Å². The van der Waals surface area contributed by atoms with E-state index in [2.05, 4.69) is 60.4 Å². The lowest BCUT2D eigenvalue weighted by molar-refractivity contribution is 0.255. The summed E-state index contributed by atoms with van der Waals surface area (Å²) in [5, 5.41) is 5.78. The molecule has 2 aromatic rings. The molecule has 0 saturated heterocycles. The third kappa shape index (κ3) is 4.38. The molecular formula is C17H21BrFNS. The zero-order chi connectivity index (χ0) is 15.6. The lowest BCUT2D eigenvalue weighted by atomic mass is 9.82. The van der Waals surface area contributed by atoms with Crippen molar-refractivity contribution in [3.05, 3.63) is 56.4 Å². The quantitative estimate of drug-likeness (QED) is 0.687. The van der Waals surface area contributed by atoms with E-state index in [0.29, 0.717) is 0 Å². The average molecular weight is 370 g/mol. The number of nitrogens with one attached hydrogen (secondary N) is 1. The molecule has 0 aliphatic carbocycles. The number of thiophene rings is 1. The highest BCUT2D eigenvalue weighted by molar-refractivity contribution is 9.10. The van der Waals surface area contributed by atoms with Gasteiger partial charge in [0.25, 0.3) is 0 Å². The molecule has 2 rings (SSSR count). The van der Waals surface area contributed by atoms with E-state index < -0.39 is 0 Å². The Kier molecular flexibility index (Phi) is 5.23. The van der Waals surface area contributed by atoms with E-state index in [1.54, 1.807) is 11.3 Å². The van der Waals surface area contributed by atoms with Crippen molar-refractivity contribution in [3.8, 4) is 0 Å². The highest BCUT2D eigenvalue weighted by atomic mass is 79.9. The van der Waals surface area contributed by atoms with Crippen molar-refractivity contribution in [1.29, 1.82) is 0 Å². The molecule has 1 heterocycles. The molecule has 0 amide bonds. The highest BCUT2D eigenvalue weighted by Crippen LogP contribution is 2.36. The van der Waals surface area contributed by atoms with Gasteiger partial charge in [-0.3, -0.25) is 0 Å². The first-order valence-corrected chi connectivity index (χ1v) is 8.70. The highest BCUT2D eigenvalue weighted by Gasteiger charge is 2.28. The first-order chi connectivity index (χ1) is 9.77. The number of halogens is 2. The summed E-state index contributed by atoms with van der Waals surface area (Å²) in [7, 11) is 0. The van der Waals surface area contributed by atoms with Crippen LogP contribution in [-0.2, 0) is 0 Å². The largest absolute Gasteiger partial charge is 0.302 e. The second-order valence-electron chi connectivity index (χ2n) is 6.41. The molecule has 2 atom stereocenters. The maximum Gasteiger partial charge on any atom is 0.123 e. The van der Waals surface area contributed by atoms with Crippen LogP contribution in [0.3, 0.4) is 0 Å². The molecule has 1 N–H and O–H groups in total. The summed E-state index contributed by atoms with van der Waals surface area (Å²) >= 11 is 5.24. The van der Waals surface area contributed by atoms with E-state index in [0.717, 1.165) is 10.0 Å². The fourth-order valence-corrected chi connectivity index (χ4v) is 3.85. The van der Waals surface area contributed by atoms with Gasteiger partial charge in [0, 0.05) is 26.8 Å². The van der Waals surface area contributed by atoms with Gasteiger partial charge in [0.1, 0.15) is 5.82 Å². The van der Waals surface area contributed by atoms with E-state index in [1.165, 1.54) is 17.0 Å². The zero-order valence-electron chi connectivity index (χ0n) is 12.8. The Morgan fingerprint density at radius 1 is 1.19 bits per heavy atom. The summed E-state index contributed by atoms with van der Waals surface area (Å²) in [6, 6.07) is 9.35. The van der Waals surface area contributed by atoms with Crippen molar-refractivity contribution in [1.82, 2.24) is 5.32 Å². The Bertz CT molecular complexity index is 586. The lowest BCUT2D eigenvalue weighted by Gasteiger charge is -2.34. The van der Waals surface area contributed by atoms with Crippen LogP contribution >= 0.6 is 27.3 Å². The number of hydrogen-bond acceptors (Lipinski definition) is 2. The molecule has 0 aliphatic rings. The Balaban J connectivity index is 2.23. The van der Waals surface area contributed by atoms with Gasteiger partial charge in [0.05, 0.1) is 0 Å². The van der Waals surface area contributed by atoms with Gasteiger partial charge >= 0.3 is 0 Å². The number of rotatable bonds is 4. The Morgan fingerprint density at radius 3 is 2.29 bits per heavy atom. The first kappa shape index (κ1) is 16.7. The SMILES string of the molecule is CC(NC(c1ccc(F)cc1)C(C)(C)C)c1cc(Br)cs1. The van der Waals surface area contributed by atoms with Gasteiger partial charge in [-0.2, -0.15) is 0 Å². The summed E-state index contributed by atoms with van der Waals surface area (Å²) in [5.41, 5.74) is 1.16. The third-order valence-corrected chi connectivity index (χ3v) is 5.38. The minimum atomic E-state index is -0.193. The van der Waals surface area contributed by atoms with Crippen molar-refractivity contribution in [2.45, 2.75) is 39.8 Å². The third-order valence-electron chi connectivity index (χ3n) is 3.50. The van der Waals surface area contributed by atoms with E-state index in [-0.39, 0.29) is 23.3 Å². The van der Waals surface area contributed by atoms with Gasteiger partial charge in [-0.15, -0.1) is 11.3 Å². The summed E-state index contributed by atoms with van der Waals surface area (Å²) in [6.07, 6.45) is 0. The summed E-state index contributed by atoms with van der Waals surface area (Å²) in [5.74, 6) is -0.193.